The van der Waals surface area contributed by atoms with Gasteiger partial charge in [-0.1, -0.05) is 19.1 Å². The summed E-state index contributed by atoms with van der Waals surface area (Å²) in [7, 11) is 1.69. The maximum absolute atomic E-state index is 5.82. The molecule has 3 rings (SSSR count). The number of thiophene rings is 1. The summed E-state index contributed by atoms with van der Waals surface area (Å²) in [5.74, 6) is 1.66. The minimum absolute atomic E-state index is 0.192. The molecular weight excluding hydrogens is 284 g/mol. The molecule has 110 valence electrons. The van der Waals surface area contributed by atoms with Gasteiger partial charge in [0.1, 0.15) is 11.3 Å². The molecule has 1 atom stereocenters. The summed E-state index contributed by atoms with van der Waals surface area (Å²) in [4.78, 5) is 5.79. The summed E-state index contributed by atoms with van der Waals surface area (Å²) < 4.78 is 11.1. The Morgan fingerprint density at radius 1 is 1.38 bits per heavy atom. The Balaban J connectivity index is 1.83. The van der Waals surface area contributed by atoms with E-state index in [1.807, 2.05) is 29.6 Å². The standard InChI is InChI=1S/C16H18N2O2S/c1-3-17-13(15-8-11(19-2)10-21-15)9-16-18-12-6-4-5-7-14(12)20-16/h4-8,10,13,17H,3,9H2,1-2H3. The van der Waals surface area contributed by atoms with Gasteiger partial charge < -0.3 is 14.5 Å². The Hall–Kier alpha value is -1.85. The van der Waals surface area contributed by atoms with Crippen molar-refractivity contribution in [3.05, 3.63) is 46.5 Å². The number of para-hydroxylation sites is 2. The highest BCUT2D eigenvalue weighted by Crippen LogP contribution is 2.29. The zero-order valence-electron chi connectivity index (χ0n) is 12.1. The van der Waals surface area contributed by atoms with Gasteiger partial charge in [0.2, 0.25) is 0 Å². The van der Waals surface area contributed by atoms with Crippen LogP contribution in [0, 0.1) is 0 Å². The van der Waals surface area contributed by atoms with Crippen molar-refractivity contribution in [2.45, 2.75) is 19.4 Å². The first kappa shape index (κ1) is 14.1. The average Bonchev–Trinajstić information content (AvgIpc) is 3.12. The van der Waals surface area contributed by atoms with Gasteiger partial charge in [-0.3, -0.25) is 0 Å². The maximum atomic E-state index is 5.82. The number of methoxy groups -OCH3 is 1. The second-order valence-electron chi connectivity index (χ2n) is 4.78. The lowest BCUT2D eigenvalue weighted by molar-refractivity contribution is 0.415. The van der Waals surface area contributed by atoms with E-state index in [0.717, 1.165) is 35.7 Å². The molecule has 0 fully saturated rings. The van der Waals surface area contributed by atoms with E-state index in [4.69, 9.17) is 9.15 Å². The molecular formula is C16H18N2O2S. The van der Waals surface area contributed by atoms with E-state index in [2.05, 4.69) is 23.3 Å². The highest BCUT2D eigenvalue weighted by atomic mass is 32.1. The molecule has 1 unspecified atom stereocenters. The first-order chi connectivity index (χ1) is 10.3. The van der Waals surface area contributed by atoms with E-state index >= 15 is 0 Å². The SMILES string of the molecule is CCNC(Cc1nc2ccccc2o1)c1cc(OC)cs1. The first-order valence-corrected chi connectivity index (χ1v) is 7.88. The minimum Gasteiger partial charge on any atom is -0.496 e. The van der Waals surface area contributed by atoms with Crippen LogP contribution in [0.2, 0.25) is 0 Å². The van der Waals surface area contributed by atoms with Crippen LogP contribution >= 0.6 is 11.3 Å². The molecule has 3 aromatic rings. The normalized spacial score (nSPS) is 12.7. The molecule has 0 radical (unpaired) electrons. The Morgan fingerprint density at radius 2 is 2.24 bits per heavy atom. The van der Waals surface area contributed by atoms with E-state index in [-0.39, 0.29) is 6.04 Å². The topological polar surface area (TPSA) is 47.3 Å². The van der Waals surface area contributed by atoms with Crippen molar-refractivity contribution < 1.29 is 9.15 Å². The number of hydrogen-bond donors (Lipinski definition) is 1. The molecule has 5 heteroatoms. The monoisotopic (exact) mass is 302 g/mol. The summed E-state index contributed by atoms with van der Waals surface area (Å²) in [6.07, 6.45) is 0.728. The lowest BCUT2D eigenvalue weighted by Gasteiger charge is -2.14. The summed E-state index contributed by atoms with van der Waals surface area (Å²) in [5, 5.41) is 5.50. The van der Waals surface area contributed by atoms with Gasteiger partial charge in [0.25, 0.3) is 0 Å². The number of fused-ring (bicyclic) bond motifs is 1. The quantitative estimate of drug-likeness (QED) is 0.752. The van der Waals surface area contributed by atoms with Crippen LogP contribution in [-0.4, -0.2) is 18.6 Å². The summed E-state index contributed by atoms with van der Waals surface area (Å²) >= 11 is 1.69. The Bertz CT molecular complexity index is 687. The molecule has 2 heterocycles. The smallest absolute Gasteiger partial charge is 0.197 e. The molecule has 1 aromatic carbocycles. The van der Waals surface area contributed by atoms with Crippen molar-refractivity contribution in [1.29, 1.82) is 0 Å². The zero-order valence-corrected chi connectivity index (χ0v) is 12.9. The zero-order chi connectivity index (χ0) is 14.7. The molecule has 2 aromatic heterocycles. The molecule has 1 N–H and O–H groups in total. The molecule has 0 amide bonds. The number of likely N-dealkylation sites (N-methyl/N-ethyl adjacent to an activating group) is 1. The molecule has 4 nitrogen and oxygen atoms in total. The van der Waals surface area contributed by atoms with Gasteiger partial charge in [-0.2, -0.15) is 0 Å². The number of benzene rings is 1. The lowest BCUT2D eigenvalue weighted by Crippen LogP contribution is -2.22. The molecule has 0 bridgehead atoms. The van der Waals surface area contributed by atoms with E-state index in [1.54, 1.807) is 18.4 Å². The fraction of sp³-hybridized carbons (Fsp3) is 0.312. The van der Waals surface area contributed by atoms with Crippen LogP contribution < -0.4 is 10.1 Å². The van der Waals surface area contributed by atoms with Crippen molar-refractivity contribution in [3.8, 4) is 5.75 Å². The highest BCUT2D eigenvalue weighted by molar-refractivity contribution is 7.10. The number of nitrogens with one attached hydrogen (secondary N) is 1. The second kappa shape index (κ2) is 6.28. The van der Waals surface area contributed by atoms with Gasteiger partial charge in [0, 0.05) is 16.7 Å². The van der Waals surface area contributed by atoms with E-state index in [9.17, 15) is 0 Å². The molecule has 21 heavy (non-hydrogen) atoms. The van der Waals surface area contributed by atoms with E-state index in [0.29, 0.717) is 0 Å². The molecule has 0 aliphatic heterocycles. The minimum atomic E-state index is 0.192. The third-order valence-electron chi connectivity index (χ3n) is 3.34. The fourth-order valence-electron chi connectivity index (χ4n) is 2.33. The molecule has 0 aliphatic rings. The average molecular weight is 302 g/mol. The fourth-order valence-corrected chi connectivity index (χ4v) is 3.26. The van der Waals surface area contributed by atoms with E-state index in [1.165, 1.54) is 4.88 Å². The van der Waals surface area contributed by atoms with Crippen molar-refractivity contribution >= 4 is 22.4 Å². The summed E-state index contributed by atoms with van der Waals surface area (Å²) in [5.41, 5.74) is 1.75. The number of ether oxygens (including phenoxy) is 1. The maximum Gasteiger partial charge on any atom is 0.197 e. The van der Waals surface area contributed by atoms with Crippen LogP contribution in [0.4, 0.5) is 0 Å². The van der Waals surface area contributed by atoms with Gasteiger partial charge in [-0.05, 0) is 24.7 Å². The van der Waals surface area contributed by atoms with Crippen LogP contribution in [0.15, 0.2) is 40.1 Å². The Labute approximate surface area is 127 Å². The van der Waals surface area contributed by atoms with Crippen LogP contribution in [0.5, 0.6) is 5.75 Å². The van der Waals surface area contributed by atoms with Gasteiger partial charge in [-0.25, -0.2) is 4.98 Å². The number of oxazole rings is 1. The van der Waals surface area contributed by atoms with Crippen LogP contribution in [0.1, 0.15) is 23.7 Å². The summed E-state index contributed by atoms with van der Waals surface area (Å²) in [6, 6.07) is 10.1. The molecule has 0 saturated heterocycles. The molecule has 0 aliphatic carbocycles. The van der Waals surface area contributed by atoms with Gasteiger partial charge in [0.05, 0.1) is 13.2 Å². The van der Waals surface area contributed by atoms with E-state index < -0.39 is 0 Å². The second-order valence-corrected chi connectivity index (χ2v) is 5.72. The highest BCUT2D eigenvalue weighted by Gasteiger charge is 2.17. The third-order valence-corrected chi connectivity index (χ3v) is 4.37. The Kier molecular flexibility index (Phi) is 4.22. The predicted octanol–water partition coefficient (Wildman–Crippen LogP) is 3.79. The van der Waals surface area contributed by atoms with Crippen LogP contribution in [-0.2, 0) is 6.42 Å². The number of aromatic nitrogens is 1. The van der Waals surface area contributed by atoms with Crippen molar-refractivity contribution in [1.82, 2.24) is 10.3 Å². The summed E-state index contributed by atoms with van der Waals surface area (Å²) in [6.45, 7) is 3.00. The number of hydrogen-bond acceptors (Lipinski definition) is 5. The van der Waals surface area contributed by atoms with Gasteiger partial charge in [-0.15, -0.1) is 11.3 Å². The van der Waals surface area contributed by atoms with Gasteiger partial charge in [0.15, 0.2) is 11.5 Å². The third kappa shape index (κ3) is 3.09. The largest absolute Gasteiger partial charge is 0.496 e. The predicted molar refractivity (Wildman–Crippen MR) is 85.0 cm³/mol. The molecule has 0 spiro atoms. The Morgan fingerprint density at radius 3 is 2.95 bits per heavy atom. The lowest BCUT2D eigenvalue weighted by atomic mass is 10.1. The number of rotatable bonds is 6. The van der Waals surface area contributed by atoms with Crippen LogP contribution in [0.25, 0.3) is 11.1 Å². The van der Waals surface area contributed by atoms with Crippen molar-refractivity contribution in [3.63, 3.8) is 0 Å². The van der Waals surface area contributed by atoms with Gasteiger partial charge >= 0.3 is 0 Å². The molecule has 0 saturated carbocycles. The van der Waals surface area contributed by atoms with Crippen molar-refractivity contribution in [2.75, 3.05) is 13.7 Å². The first-order valence-electron chi connectivity index (χ1n) is 7.00. The number of nitrogens with zero attached hydrogens (tertiary/aromatic N) is 1. The van der Waals surface area contributed by atoms with Crippen LogP contribution in [0.3, 0.4) is 0 Å². The van der Waals surface area contributed by atoms with Crippen molar-refractivity contribution in [2.24, 2.45) is 0 Å².